The maximum absolute atomic E-state index is 13.6. The molecule has 0 saturated carbocycles. The first-order valence-electron chi connectivity index (χ1n) is 8.69. The van der Waals surface area contributed by atoms with Crippen molar-refractivity contribution >= 4 is 23.0 Å². The Kier molecular flexibility index (Phi) is 4.85. The van der Waals surface area contributed by atoms with Crippen LogP contribution in [-0.2, 0) is 6.54 Å². The Labute approximate surface area is 162 Å². The lowest BCUT2D eigenvalue weighted by Gasteiger charge is -2.47. The van der Waals surface area contributed by atoms with E-state index in [1.807, 2.05) is 64.4 Å². The monoisotopic (exact) mass is 382 g/mol. The molecule has 27 heavy (non-hydrogen) atoms. The molecule has 0 aromatic heterocycles. The third-order valence-corrected chi connectivity index (χ3v) is 5.05. The molecule has 4 rings (SSSR count). The van der Waals surface area contributed by atoms with Crippen LogP contribution in [0.15, 0.2) is 72.8 Å². The molecule has 138 valence electrons. The molecule has 6 heteroatoms. The summed E-state index contributed by atoms with van der Waals surface area (Å²) in [5.41, 5.74) is 16.7. The van der Waals surface area contributed by atoms with Crippen LogP contribution in [0.25, 0.3) is 0 Å². The Hall–Kier alpha value is -2.44. The van der Waals surface area contributed by atoms with E-state index in [9.17, 15) is 4.39 Å². The summed E-state index contributed by atoms with van der Waals surface area (Å²) < 4.78 is 13.6. The quantitative estimate of drug-likeness (QED) is 0.707. The van der Waals surface area contributed by atoms with Crippen molar-refractivity contribution in [2.24, 2.45) is 11.5 Å². The first-order valence-corrected chi connectivity index (χ1v) is 9.07. The summed E-state index contributed by atoms with van der Waals surface area (Å²) in [5.74, 6) is -0.279. The van der Waals surface area contributed by atoms with Crippen molar-refractivity contribution < 1.29 is 4.39 Å². The van der Waals surface area contributed by atoms with Crippen molar-refractivity contribution in [3.63, 3.8) is 0 Å². The number of hydrogen-bond donors (Lipinski definition) is 2. The maximum atomic E-state index is 13.6. The molecular formula is C21H20ClFN4. The molecule has 2 atom stereocenters. The Morgan fingerprint density at radius 3 is 2.48 bits per heavy atom. The van der Waals surface area contributed by atoms with E-state index in [1.165, 1.54) is 12.1 Å². The van der Waals surface area contributed by atoms with Gasteiger partial charge >= 0.3 is 0 Å². The Balaban J connectivity index is 1.78. The van der Waals surface area contributed by atoms with Crippen LogP contribution in [0, 0.1) is 5.82 Å². The zero-order chi connectivity index (χ0) is 19.0. The molecule has 1 aliphatic heterocycles. The lowest BCUT2D eigenvalue weighted by Crippen LogP contribution is -2.58. The van der Waals surface area contributed by atoms with E-state index in [0.29, 0.717) is 11.6 Å². The first-order chi connectivity index (χ1) is 13.0. The summed E-state index contributed by atoms with van der Waals surface area (Å²) >= 11 is 6.20. The van der Waals surface area contributed by atoms with Gasteiger partial charge in [0.25, 0.3) is 0 Å². The molecule has 4 N–H and O–H groups in total. The molecule has 1 aliphatic rings. The SMILES string of the molecule is NC1c2ccccc2N(c2cccc(Cl)c2)C(N)N1Cc1cccc(F)c1. The van der Waals surface area contributed by atoms with Crippen molar-refractivity contribution in [3.8, 4) is 0 Å². The summed E-state index contributed by atoms with van der Waals surface area (Å²) in [6.45, 7) is 0.422. The molecule has 0 saturated heterocycles. The molecule has 0 spiro atoms. The number of hydrogen-bond acceptors (Lipinski definition) is 4. The number of fused-ring (bicyclic) bond motifs is 1. The molecule has 3 aromatic rings. The van der Waals surface area contributed by atoms with E-state index in [-0.39, 0.29) is 5.82 Å². The smallest absolute Gasteiger partial charge is 0.141 e. The highest BCUT2D eigenvalue weighted by Gasteiger charge is 2.36. The van der Waals surface area contributed by atoms with E-state index in [4.69, 9.17) is 23.1 Å². The first kappa shape index (κ1) is 17.9. The van der Waals surface area contributed by atoms with Crippen LogP contribution in [0.3, 0.4) is 0 Å². The van der Waals surface area contributed by atoms with Crippen LogP contribution in [0.4, 0.5) is 15.8 Å². The summed E-state index contributed by atoms with van der Waals surface area (Å²) in [7, 11) is 0. The topological polar surface area (TPSA) is 58.5 Å². The molecule has 0 bridgehead atoms. The van der Waals surface area contributed by atoms with Crippen molar-refractivity contribution in [1.82, 2.24) is 4.90 Å². The predicted octanol–water partition coefficient (Wildman–Crippen LogP) is 4.33. The lowest BCUT2D eigenvalue weighted by molar-refractivity contribution is 0.121. The Morgan fingerprint density at radius 2 is 1.70 bits per heavy atom. The standard InChI is InChI=1S/C21H20ClFN4/c22-15-6-4-8-17(12-15)27-19-10-2-1-9-18(19)20(24)26(21(27)25)13-14-5-3-7-16(23)11-14/h1-12,20-21H,13,24-25H2. The lowest BCUT2D eigenvalue weighted by atomic mass is 10.0. The molecule has 0 radical (unpaired) electrons. The average molecular weight is 383 g/mol. The summed E-state index contributed by atoms with van der Waals surface area (Å²) in [5, 5.41) is 0.628. The van der Waals surface area contributed by atoms with Gasteiger partial charge in [0.1, 0.15) is 12.1 Å². The molecule has 1 heterocycles. The zero-order valence-corrected chi connectivity index (χ0v) is 15.4. The van der Waals surface area contributed by atoms with Gasteiger partial charge in [0, 0.05) is 28.5 Å². The van der Waals surface area contributed by atoms with Crippen LogP contribution in [0.2, 0.25) is 5.02 Å². The van der Waals surface area contributed by atoms with E-state index in [2.05, 4.69) is 0 Å². The van der Waals surface area contributed by atoms with Crippen molar-refractivity contribution in [2.75, 3.05) is 4.90 Å². The molecule has 3 aromatic carbocycles. The molecular weight excluding hydrogens is 363 g/mol. The fraction of sp³-hybridized carbons (Fsp3) is 0.143. The van der Waals surface area contributed by atoms with Gasteiger partial charge in [-0.1, -0.05) is 48.0 Å². The number of rotatable bonds is 3. The summed E-state index contributed by atoms with van der Waals surface area (Å²) in [6.07, 6.45) is -0.938. The van der Waals surface area contributed by atoms with E-state index in [0.717, 1.165) is 22.5 Å². The number of nitrogens with two attached hydrogens (primary N) is 2. The second-order valence-electron chi connectivity index (χ2n) is 6.57. The van der Waals surface area contributed by atoms with Gasteiger partial charge in [-0.2, -0.15) is 0 Å². The molecule has 0 amide bonds. The zero-order valence-electron chi connectivity index (χ0n) is 14.6. The van der Waals surface area contributed by atoms with Gasteiger partial charge in [-0.05, 0) is 42.0 Å². The van der Waals surface area contributed by atoms with Crippen LogP contribution in [0.1, 0.15) is 17.3 Å². The third kappa shape index (κ3) is 3.42. The minimum Gasteiger partial charge on any atom is -0.312 e. The number of nitrogens with zero attached hydrogens (tertiary/aromatic N) is 2. The van der Waals surface area contributed by atoms with E-state index in [1.54, 1.807) is 6.07 Å². The van der Waals surface area contributed by atoms with Gasteiger partial charge in [0.15, 0.2) is 0 Å². The highest BCUT2D eigenvalue weighted by molar-refractivity contribution is 6.30. The second-order valence-corrected chi connectivity index (χ2v) is 7.01. The number of benzene rings is 3. The molecule has 4 nitrogen and oxygen atoms in total. The van der Waals surface area contributed by atoms with Gasteiger partial charge in [0.05, 0.1) is 6.17 Å². The minimum atomic E-state index is -0.531. The fourth-order valence-corrected chi connectivity index (χ4v) is 3.73. The fourth-order valence-electron chi connectivity index (χ4n) is 3.55. The maximum Gasteiger partial charge on any atom is 0.141 e. The van der Waals surface area contributed by atoms with Gasteiger partial charge in [-0.15, -0.1) is 0 Å². The number of anilines is 2. The van der Waals surface area contributed by atoms with Crippen molar-refractivity contribution in [1.29, 1.82) is 0 Å². The van der Waals surface area contributed by atoms with Gasteiger partial charge in [-0.3, -0.25) is 5.73 Å². The minimum absolute atomic E-state index is 0.279. The van der Waals surface area contributed by atoms with Crippen LogP contribution in [-0.4, -0.2) is 11.2 Å². The average Bonchev–Trinajstić information content (AvgIpc) is 2.65. The van der Waals surface area contributed by atoms with Gasteiger partial charge in [0.2, 0.25) is 0 Å². The Bertz CT molecular complexity index is 964. The van der Waals surface area contributed by atoms with E-state index < -0.39 is 12.5 Å². The predicted molar refractivity (Wildman–Crippen MR) is 107 cm³/mol. The normalized spacial score (nSPS) is 19.8. The van der Waals surface area contributed by atoms with Gasteiger partial charge in [-0.25, -0.2) is 9.29 Å². The Morgan fingerprint density at radius 1 is 0.926 bits per heavy atom. The van der Waals surface area contributed by atoms with Crippen molar-refractivity contribution in [2.45, 2.75) is 19.0 Å². The summed E-state index contributed by atoms with van der Waals surface area (Å²) in [4.78, 5) is 3.95. The number of para-hydroxylation sites is 1. The second kappa shape index (κ2) is 7.29. The van der Waals surface area contributed by atoms with Crippen LogP contribution < -0.4 is 16.4 Å². The van der Waals surface area contributed by atoms with Crippen LogP contribution >= 0.6 is 11.6 Å². The summed E-state index contributed by atoms with van der Waals surface area (Å²) in [6, 6.07) is 21.9. The van der Waals surface area contributed by atoms with Gasteiger partial charge < -0.3 is 10.6 Å². The van der Waals surface area contributed by atoms with E-state index >= 15 is 0 Å². The molecule has 0 fully saturated rings. The molecule has 0 aliphatic carbocycles. The largest absolute Gasteiger partial charge is 0.312 e. The van der Waals surface area contributed by atoms with Crippen molar-refractivity contribution in [3.05, 3.63) is 94.8 Å². The highest BCUT2D eigenvalue weighted by Crippen LogP contribution is 2.40. The third-order valence-electron chi connectivity index (χ3n) is 4.82. The van der Waals surface area contributed by atoms with Crippen LogP contribution in [0.5, 0.6) is 0 Å². The number of halogens is 2. The molecule has 2 unspecified atom stereocenters. The highest BCUT2D eigenvalue weighted by atomic mass is 35.5.